The fourth-order valence-corrected chi connectivity index (χ4v) is 4.52. The lowest BCUT2D eigenvalue weighted by Crippen LogP contribution is -2.59. The van der Waals surface area contributed by atoms with E-state index in [1.165, 1.54) is 18.2 Å². The Kier molecular flexibility index (Phi) is 6.63. The molecule has 2 atom stereocenters. The van der Waals surface area contributed by atoms with Crippen LogP contribution in [0.15, 0.2) is 54.6 Å². The number of rotatable bonds is 5. The van der Waals surface area contributed by atoms with Crippen LogP contribution in [0.25, 0.3) is 0 Å². The van der Waals surface area contributed by atoms with Crippen molar-refractivity contribution in [1.29, 1.82) is 0 Å². The topological polar surface area (TPSA) is 58.7 Å². The first-order valence-corrected chi connectivity index (χ1v) is 9.96. The van der Waals surface area contributed by atoms with Crippen molar-refractivity contribution < 1.29 is 36.2 Å². The molecule has 2 aromatic rings. The van der Waals surface area contributed by atoms with Crippen LogP contribution >= 0.6 is 0 Å². The Balaban J connectivity index is 2.03. The summed E-state index contributed by atoms with van der Waals surface area (Å²) in [6, 6.07) is 12.9. The Morgan fingerprint density at radius 3 is 2.22 bits per heavy atom. The molecule has 3 rings (SSSR count). The van der Waals surface area contributed by atoms with Crippen LogP contribution in [0.5, 0.6) is 0 Å². The highest BCUT2D eigenvalue weighted by molar-refractivity contribution is 5.33. The molecule has 4 nitrogen and oxygen atoms in total. The number of aliphatic hydroxyl groups is 1. The van der Waals surface area contributed by atoms with Crippen molar-refractivity contribution in [3.8, 4) is 0 Å². The quantitative estimate of drug-likeness (QED) is 0.503. The van der Waals surface area contributed by atoms with Crippen molar-refractivity contribution in [3.05, 3.63) is 71.3 Å². The van der Waals surface area contributed by atoms with Crippen LogP contribution in [0.1, 0.15) is 29.5 Å². The number of nitrogens with two attached hydrogens (primary N) is 1. The zero-order valence-electron chi connectivity index (χ0n) is 17.2. The van der Waals surface area contributed by atoms with Gasteiger partial charge in [-0.15, -0.1) is 0 Å². The zero-order valence-corrected chi connectivity index (χ0v) is 17.2. The standard InChI is InChI=1S/C22H24F6N2O2/c1-32-19(16-8-3-2-4-9-16)17(11-6-12-30(19)29)13-15-7-5-10-18(14-15)20(31,21(23,24)25)22(26,27)28/h2-5,7-10,14,17,31H,6,11-13,29H2,1H3/t17-,19+/m0/s1. The van der Waals surface area contributed by atoms with Crippen LogP contribution in [-0.2, 0) is 22.5 Å². The Hall–Kier alpha value is -2.14. The van der Waals surface area contributed by atoms with Crippen LogP contribution < -0.4 is 5.84 Å². The van der Waals surface area contributed by atoms with Crippen LogP contribution in [0.4, 0.5) is 26.3 Å². The number of halogens is 6. The number of nitrogens with zero attached hydrogens (tertiary/aromatic N) is 1. The number of benzene rings is 2. The van der Waals surface area contributed by atoms with E-state index in [0.717, 1.165) is 17.7 Å². The molecule has 1 fully saturated rings. The SMILES string of the molecule is CO[C@]1(c2ccccc2)[C@H](Cc2cccc(C(O)(C(F)(F)F)C(F)(F)F)c2)CCCN1N. The normalized spacial score (nSPS) is 23.3. The molecule has 0 amide bonds. The lowest BCUT2D eigenvalue weighted by molar-refractivity contribution is -0.376. The van der Waals surface area contributed by atoms with Gasteiger partial charge in [0.25, 0.3) is 5.60 Å². The minimum Gasteiger partial charge on any atom is -0.369 e. The summed E-state index contributed by atoms with van der Waals surface area (Å²) in [6.45, 7) is 0.501. The van der Waals surface area contributed by atoms with Crippen molar-refractivity contribution in [2.45, 2.75) is 42.9 Å². The van der Waals surface area contributed by atoms with E-state index in [1.807, 2.05) is 18.2 Å². The minimum atomic E-state index is -5.94. The molecule has 32 heavy (non-hydrogen) atoms. The molecule has 3 N–H and O–H groups in total. The van der Waals surface area contributed by atoms with Gasteiger partial charge in [-0.05, 0) is 24.8 Å². The van der Waals surface area contributed by atoms with Crippen LogP contribution in [-0.4, -0.2) is 36.1 Å². The van der Waals surface area contributed by atoms with Crippen LogP contribution in [0.2, 0.25) is 0 Å². The second-order valence-corrected chi connectivity index (χ2v) is 7.91. The largest absolute Gasteiger partial charge is 0.430 e. The molecule has 1 saturated heterocycles. The lowest BCUT2D eigenvalue weighted by atomic mass is 9.77. The molecule has 0 aromatic heterocycles. The summed E-state index contributed by atoms with van der Waals surface area (Å²) in [5.41, 5.74) is -6.43. The predicted octanol–water partition coefficient (Wildman–Crippen LogP) is 4.63. The summed E-state index contributed by atoms with van der Waals surface area (Å²) in [5.74, 6) is 5.92. The van der Waals surface area contributed by atoms with Gasteiger partial charge in [-0.1, -0.05) is 54.6 Å². The first-order chi connectivity index (χ1) is 14.9. The molecular weight excluding hydrogens is 438 g/mol. The fraction of sp³-hybridized carbons (Fsp3) is 0.455. The van der Waals surface area contributed by atoms with Crippen molar-refractivity contribution in [3.63, 3.8) is 0 Å². The molecular formula is C22H24F6N2O2. The summed E-state index contributed by atoms with van der Waals surface area (Å²) >= 11 is 0. The van der Waals surface area contributed by atoms with Gasteiger partial charge in [0.1, 0.15) is 0 Å². The van der Waals surface area contributed by atoms with E-state index < -0.39 is 29.2 Å². The van der Waals surface area contributed by atoms with Gasteiger partial charge in [-0.3, -0.25) is 5.84 Å². The van der Waals surface area contributed by atoms with Gasteiger partial charge in [-0.2, -0.15) is 26.3 Å². The molecule has 176 valence electrons. The summed E-state index contributed by atoms with van der Waals surface area (Å²) in [7, 11) is 1.47. The molecule has 0 unspecified atom stereocenters. The van der Waals surface area contributed by atoms with E-state index in [2.05, 4.69) is 0 Å². The van der Waals surface area contributed by atoms with Gasteiger partial charge >= 0.3 is 12.4 Å². The first kappa shape index (κ1) is 24.5. The second-order valence-electron chi connectivity index (χ2n) is 7.91. The van der Waals surface area contributed by atoms with Crippen molar-refractivity contribution in [2.24, 2.45) is 11.8 Å². The third-order valence-corrected chi connectivity index (χ3v) is 6.08. The number of hydrogen-bond donors (Lipinski definition) is 2. The molecule has 0 radical (unpaired) electrons. The summed E-state index contributed by atoms with van der Waals surface area (Å²) in [5, 5.41) is 11.3. The number of hydrazine groups is 1. The second kappa shape index (κ2) is 8.66. The molecule has 1 aliphatic rings. The van der Waals surface area contributed by atoms with Gasteiger partial charge < -0.3 is 9.84 Å². The first-order valence-electron chi connectivity index (χ1n) is 9.96. The lowest BCUT2D eigenvalue weighted by Gasteiger charge is -2.49. The number of hydrogen-bond acceptors (Lipinski definition) is 4. The van der Waals surface area contributed by atoms with Gasteiger partial charge in [0.2, 0.25) is 0 Å². The Bertz CT molecular complexity index is 905. The average molecular weight is 462 g/mol. The fourth-order valence-electron chi connectivity index (χ4n) is 4.52. The predicted molar refractivity (Wildman–Crippen MR) is 105 cm³/mol. The molecule has 1 aliphatic heterocycles. The van der Waals surface area contributed by atoms with Crippen molar-refractivity contribution >= 4 is 0 Å². The van der Waals surface area contributed by atoms with E-state index in [1.54, 1.807) is 12.1 Å². The maximum Gasteiger partial charge on any atom is 0.430 e. The van der Waals surface area contributed by atoms with E-state index >= 15 is 0 Å². The highest BCUT2D eigenvalue weighted by atomic mass is 19.4. The maximum atomic E-state index is 13.3. The smallest absolute Gasteiger partial charge is 0.369 e. The third-order valence-electron chi connectivity index (χ3n) is 6.08. The molecule has 10 heteroatoms. The number of alkyl halides is 6. The highest BCUT2D eigenvalue weighted by Crippen LogP contribution is 2.50. The van der Waals surface area contributed by atoms with Gasteiger partial charge in [0.05, 0.1) is 0 Å². The van der Waals surface area contributed by atoms with Crippen molar-refractivity contribution in [1.82, 2.24) is 5.01 Å². The van der Waals surface area contributed by atoms with E-state index in [0.29, 0.717) is 25.5 Å². The van der Waals surface area contributed by atoms with Gasteiger partial charge in [0, 0.05) is 30.7 Å². The molecule has 0 saturated carbocycles. The molecule has 0 spiro atoms. The Morgan fingerprint density at radius 1 is 1.03 bits per heavy atom. The summed E-state index contributed by atoms with van der Waals surface area (Å²) in [6.07, 6.45) is -10.5. The number of piperidine rings is 1. The van der Waals surface area contributed by atoms with Crippen LogP contribution in [0, 0.1) is 5.92 Å². The molecule has 2 aromatic carbocycles. The number of methoxy groups -OCH3 is 1. The zero-order chi connectivity index (χ0) is 23.8. The monoisotopic (exact) mass is 462 g/mol. The summed E-state index contributed by atoms with van der Waals surface area (Å²) in [4.78, 5) is 0. The van der Waals surface area contributed by atoms with E-state index in [4.69, 9.17) is 10.6 Å². The maximum absolute atomic E-state index is 13.3. The average Bonchev–Trinajstić information content (AvgIpc) is 2.73. The van der Waals surface area contributed by atoms with E-state index in [9.17, 15) is 31.4 Å². The van der Waals surface area contributed by atoms with Gasteiger partial charge in [0.15, 0.2) is 5.72 Å². The van der Waals surface area contributed by atoms with E-state index in [-0.39, 0.29) is 17.9 Å². The summed E-state index contributed by atoms with van der Waals surface area (Å²) < 4.78 is 85.7. The van der Waals surface area contributed by atoms with Crippen molar-refractivity contribution in [2.75, 3.05) is 13.7 Å². The van der Waals surface area contributed by atoms with Crippen LogP contribution in [0.3, 0.4) is 0 Å². The highest BCUT2D eigenvalue weighted by Gasteiger charge is 2.71. The molecule has 0 bridgehead atoms. The Labute approximate surface area is 181 Å². The molecule has 1 heterocycles. The molecule has 0 aliphatic carbocycles. The Morgan fingerprint density at radius 2 is 1.66 bits per heavy atom. The minimum absolute atomic E-state index is 0.0933. The third kappa shape index (κ3) is 4.00. The van der Waals surface area contributed by atoms with Gasteiger partial charge in [-0.25, -0.2) is 5.01 Å². The number of ether oxygens (including phenoxy) is 1.